The van der Waals surface area contributed by atoms with Crippen LogP contribution in [0.5, 0.6) is 5.75 Å². The van der Waals surface area contributed by atoms with Gasteiger partial charge in [0.1, 0.15) is 18.4 Å². The number of piperazine rings is 1. The molecular formula is C16H21ClN2O4. The smallest absolute Gasteiger partial charge is 0.245 e. The highest BCUT2D eigenvalue weighted by atomic mass is 35.5. The summed E-state index contributed by atoms with van der Waals surface area (Å²) in [6.45, 7) is 3.37. The van der Waals surface area contributed by atoms with E-state index in [0.29, 0.717) is 37.1 Å². The number of methoxy groups -OCH3 is 1. The maximum absolute atomic E-state index is 12.3. The van der Waals surface area contributed by atoms with Crippen molar-refractivity contribution in [3.05, 3.63) is 29.3 Å². The molecule has 0 bridgehead atoms. The van der Waals surface area contributed by atoms with E-state index in [9.17, 15) is 9.59 Å². The molecule has 0 aromatic heterocycles. The topological polar surface area (TPSA) is 59.1 Å². The minimum atomic E-state index is -0.484. The minimum Gasteiger partial charge on any atom is -0.492 e. The van der Waals surface area contributed by atoms with Crippen molar-refractivity contribution in [3.63, 3.8) is 0 Å². The third kappa shape index (κ3) is 4.59. The summed E-state index contributed by atoms with van der Waals surface area (Å²) < 4.78 is 10.6. The van der Waals surface area contributed by atoms with Crippen molar-refractivity contribution < 1.29 is 19.1 Å². The van der Waals surface area contributed by atoms with Crippen LogP contribution in [0, 0.1) is 0 Å². The summed E-state index contributed by atoms with van der Waals surface area (Å²) in [7, 11) is 1.57. The molecule has 1 aliphatic heterocycles. The maximum Gasteiger partial charge on any atom is 0.245 e. The number of carbonyl (C=O) groups excluding carboxylic acids is 2. The fourth-order valence-electron chi connectivity index (χ4n) is 2.45. The number of ether oxygens (including phenoxy) is 2. The van der Waals surface area contributed by atoms with Gasteiger partial charge in [0.15, 0.2) is 0 Å². The average molecular weight is 341 g/mol. The number of hydrogen-bond donors (Lipinski definition) is 0. The first-order chi connectivity index (χ1) is 11.0. The summed E-state index contributed by atoms with van der Waals surface area (Å²) in [5, 5.41) is 0.638. The van der Waals surface area contributed by atoms with E-state index < -0.39 is 6.04 Å². The number of nitrogens with zero attached hydrogens (tertiary/aromatic N) is 2. The zero-order valence-corrected chi connectivity index (χ0v) is 14.1. The van der Waals surface area contributed by atoms with Crippen molar-refractivity contribution >= 4 is 23.4 Å². The normalized spacial score (nSPS) is 18.5. The Morgan fingerprint density at radius 2 is 1.87 bits per heavy atom. The van der Waals surface area contributed by atoms with Gasteiger partial charge in [-0.3, -0.25) is 9.59 Å². The molecule has 1 aromatic rings. The van der Waals surface area contributed by atoms with Crippen LogP contribution in [0.3, 0.4) is 0 Å². The zero-order valence-electron chi connectivity index (χ0n) is 13.3. The van der Waals surface area contributed by atoms with Crippen LogP contribution in [0.1, 0.15) is 6.92 Å². The predicted octanol–water partition coefficient (Wildman–Crippen LogP) is 1.42. The van der Waals surface area contributed by atoms with Crippen LogP contribution in [0.4, 0.5) is 0 Å². The summed E-state index contributed by atoms with van der Waals surface area (Å²) in [4.78, 5) is 27.6. The van der Waals surface area contributed by atoms with E-state index in [1.807, 2.05) is 0 Å². The van der Waals surface area contributed by atoms with Gasteiger partial charge in [-0.15, -0.1) is 0 Å². The Labute approximate surface area is 140 Å². The lowest BCUT2D eigenvalue weighted by Gasteiger charge is -2.38. The first-order valence-electron chi connectivity index (χ1n) is 7.48. The molecule has 1 aliphatic rings. The van der Waals surface area contributed by atoms with Crippen LogP contribution in [0.25, 0.3) is 0 Å². The van der Waals surface area contributed by atoms with Crippen molar-refractivity contribution in [1.29, 1.82) is 0 Å². The minimum absolute atomic E-state index is 0.0619. The van der Waals surface area contributed by atoms with E-state index in [2.05, 4.69) is 0 Å². The van der Waals surface area contributed by atoms with Crippen molar-refractivity contribution in [2.24, 2.45) is 0 Å². The van der Waals surface area contributed by atoms with Crippen LogP contribution in [-0.2, 0) is 14.3 Å². The largest absolute Gasteiger partial charge is 0.492 e. The SMILES string of the molecule is COCCN1CC(=O)N(CCOc2ccc(Cl)cc2)[C@@H](C)C1=O. The van der Waals surface area contributed by atoms with Gasteiger partial charge < -0.3 is 19.3 Å². The number of carbonyl (C=O) groups is 2. The molecule has 0 unspecified atom stereocenters. The number of amides is 2. The fraction of sp³-hybridized carbons (Fsp3) is 0.500. The number of halogens is 1. The Morgan fingerprint density at radius 3 is 2.52 bits per heavy atom. The molecule has 1 heterocycles. The van der Waals surface area contributed by atoms with Crippen LogP contribution in [0.2, 0.25) is 5.02 Å². The number of benzene rings is 1. The van der Waals surface area contributed by atoms with Crippen LogP contribution in [0.15, 0.2) is 24.3 Å². The Hall–Kier alpha value is -1.79. The molecule has 1 saturated heterocycles. The monoisotopic (exact) mass is 340 g/mol. The van der Waals surface area contributed by atoms with Crippen molar-refractivity contribution in [2.45, 2.75) is 13.0 Å². The Bertz CT molecular complexity index is 550. The molecular weight excluding hydrogens is 320 g/mol. The van der Waals surface area contributed by atoms with Gasteiger partial charge in [0.25, 0.3) is 0 Å². The Morgan fingerprint density at radius 1 is 1.17 bits per heavy atom. The predicted molar refractivity (Wildman–Crippen MR) is 86.6 cm³/mol. The molecule has 2 amide bonds. The molecule has 126 valence electrons. The van der Waals surface area contributed by atoms with Gasteiger partial charge in [0.2, 0.25) is 11.8 Å². The van der Waals surface area contributed by atoms with Gasteiger partial charge in [-0.1, -0.05) is 11.6 Å². The van der Waals surface area contributed by atoms with E-state index >= 15 is 0 Å². The highest BCUT2D eigenvalue weighted by Crippen LogP contribution is 2.16. The number of hydrogen-bond acceptors (Lipinski definition) is 4. The second-order valence-corrected chi connectivity index (χ2v) is 5.75. The van der Waals surface area contributed by atoms with E-state index in [1.165, 1.54) is 4.90 Å². The molecule has 6 nitrogen and oxygen atoms in total. The van der Waals surface area contributed by atoms with Gasteiger partial charge in [0.05, 0.1) is 19.7 Å². The quantitative estimate of drug-likeness (QED) is 0.753. The van der Waals surface area contributed by atoms with Crippen molar-refractivity contribution in [2.75, 3.05) is 40.0 Å². The highest BCUT2D eigenvalue weighted by molar-refractivity contribution is 6.30. The number of rotatable bonds is 7. The van der Waals surface area contributed by atoms with E-state index in [0.717, 1.165) is 0 Å². The first-order valence-corrected chi connectivity index (χ1v) is 7.86. The molecule has 1 fully saturated rings. The van der Waals surface area contributed by atoms with Crippen LogP contribution >= 0.6 is 11.6 Å². The molecule has 0 spiro atoms. The maximum atomic E-state index is 12.3. The second kappa shape index (κ2) is 8.17. The summed E-state index contributed by atoms with van der Waals surface area (Å²) in [6.07, 6.45) is 0. The third-order valence-corrected chi connectivity index (χ3v) is 4.01. The molecule has 0 radical (unpaired) electrons. The first kappa shape index (κ1) is 17.6. The molecule has 0 saturated carbocycles. The lowest BCUT2D eigenvalue weighted by Crippen LogP contribution is -2.59. The fourth-order valence-corrected chi connectivity index (χ4v) is 2.57. The van der Waals surface area contributed by atoms with Gasteiger partial charge in [-0.25, -0.2) is 0 Å². The lowest BCUT2D eigenvalue weighted by molar-refractivity contribution is -0.155. The zero-order chi connectivity index (χ0) is 16.8. The summed E-state index contributed by atoms with van der Waals surface area (Å²) in [5.41, 5.74) is 0. The molecule has 7 heteroatoms. The molecule has 1 aromatic carbocycles. The van der Waals surface area contributed by atoms with E-state index in [4.69, 9.17) is 21.1 Å². The van der Waals surface area contributed by atoms with Crippen LogP contribution < -0.4 is 4.74 Å². The van der Waals surface area contributed by atoms with E-state index in [-0.39, 0.29) is 18.4 Å². The highest BCUT2D eigenvalue weighted by Gasteiger charge is 2.35. The standard InChI is InChI=1S/C16H21ClN2O4/c1-12-16(21)18(7-9-22-2)11-15(20)19(12)8-10-23-14-5-3-13(17)4-6-14/h3-6,12H,7-11H2,1-2H3/t12-/m0/s1. The molecule has 1 atom stereocenters. The second-order valence-electron chi connectivity index (χ2n) is 5.32. The Kier molecular flexibility index (Phi) is 6.24. The molecule has 0 N–H and O–H groups in total. The van der Waals surface area contributed by atoms with Gasteiger partial charge in [-0.2, -0.15) is 0 Å². The van der Waals surface area contributed by atoms with Crippen LogP contribution in [-0.4, -0.2) is 67.6 Å². The summed E-state index contributed by atoms with van der Waals surface area (Å²) in [5.74, 6) is 0.542. The summed E-state index contributed by atoms with van der Waals surface area (Å²) >= 11 is 5.81. The molecule has 23 heavy (non-hydrogen) atoms. The summed E-state index contributed by atoms with van der Waals surface area (Å²) in [6, 6.07) is 6.52. The average Bonchev–Trinajstić information content (AvgIpc) is 2.54. The van der Waals surface area contributed by atoms with Gasteiger partial charge >= 0.3 is 0 Å². The van der Waals surface area contributed by atoms with Gasteiger partial charge in [0, 0.05) is 18.7 Å². The van der Waals surface area contributed by atoms with Gasteiger partial charge in [-0.05, 0) is 31.2 Å². The Balaban J connectivity index is 1.86. The van der Waals surface area contributed by atoms with E-state index in [1.54, 1.807) is 43.2 Å². The lowest BCUT2D eigenvalue weighted by atomic mass is 10.1. The molecule has 2 rings (SSSR count). The van der Waals surface area contributed by atoms with Crippen molar-refractivity contribution in [1.82, 2.24) is 9.80 Å². The molecule has 0 aliphatic carbocycles. The third-order valence-electron chi connectivity index (χ3n) is 3.76. The van der Waals surface area contributed by atoms with Crippen molar-refractivity contribution in [3.8, 4) is 5.75 Å².